The largest absolute Gasteiger partial charge is 0.326 e. The lowest BCUT2D eigenvalue weighted by Crippen LogP contribution is -2.28. The van der Waals surface area contributed by atoms with Crippen LogP contribution in [0.5, 0.6) is 0 Å². The molecule has 0 radical (unpaired) electrons. The van der Waals surface area contributed by atoms with Gasteiger partial charge in [0.15, 0.2) is 5.17 Å². The molecule has 112 valence electrons. The van der Waals surface area contributed by atoms with Gasteiger partial charge in [0.25, 0.3) is 0 Å². The zero-order valence-electron chi connectivity index (χ0n) is 12.1. The lowest BCUT2D eigenvalue weighted by Gasteiger charge is -2.07. The van der Waals surface area contributed by atoms with E-state index in [1.807, 2.05) is 44.2 Å². The van der Waals surface area contributed by atoms with Crippen LogP contribution in [0, 0.1) is 0 Å². The highest BCUT2D eigenvalue weighted by atomic mass is 32.2. The molecule has 0 saturated carbocycles. The highest BCUT2D eigenvalue weighted by molar-refractivity contribution is 8.15. The van der Waals surface area contributed by atoms with E-state index < -0.39 is 5.25 Å². The third-order valence-electron chi connectivity index (χ3n) is 3.13. The number of rotatable bonds is 5. The lowest BCUT2D eigenvalue weighted by atomic mass is 10.2. The van der Waals surface area contributed by atoms with Gasteiger partial charge in [0.05, 0.1) is 0 Å². The van der Waals surface area contributed by atoms with E-state index in [2.05, 4.69) is 15.6 Å². The molecular formula is C15H19N3O2S. The first-order chi connectivity index (χ1) is 10.1. The van der Waals surface area contributed by atoms with Crippen molar-refractivity contribution in [2.24, 2.45) is 4.99 Å². The highest BCUT2D eigenvalue weighted by Gasteiger charge is 2.32. The molecule has 2 rings (SSSR count). The summed E-state index contributed by atoms with van der Waals surface area (Å²) >= 11 is 1.33. The Bertz CT molecular complexity index is 545. The Morgan fingerprint density at radius 1 is 1.43 bits per heavy atom. The van der Waals surface area contributed by atoms with Crippen molar-refractivity contribution in [3.63, 3.8) is 0 Å². The van der Waals surface area contributed by atoms with Crippen molar-refractivity contribution in [2.45, 2.75) is 38.0 Å². The SMILES string of the molecule is CC[C@H](C)N=C1NC(=O)[C@H](CC(=O)Nc2ccccc2)S1. The number of benzene rings is 1. The Morgan fingerprint density at radius 2 is 2.14 bits per heavy atom. The van der Waals surface area contributed by atoms with Gasteiger partial charge in [-0.1, -0.05) is 36.9 Å². The lowest BCUT2D eigenvalue weighted by molar-refractivity contribution is -0.122. The number of nitrogens with zero attached hydrogens (tertiary/aromatic N) is 1. The van der Waals surface area contributed by atoms with Gasteiger partial charge in [-0.25, -0.2) is 0 Å². The molecule has 2 N–H and O–H groups in total. The Kier molecular flexibility index (Phi) is 5.38. The molecule has 0 unspecified atom stereocenters. The zero-order chi connectivity index (χ0) is 15.2. The van der Waals surface area contributed by atoms with Crippen molar-refractivity contribution in [3.05, 3.63) is 30.3 Å². The second-order valence-corrected chi connectivity index (χ2v) is 6.10. The normalized spacial score (nSPS) is 21.1. The third-order valence-corrected chi connectivity index (χ3v) is 4.23. The van der Waals surface area contributed by atoms with Crippen LogP contribution >= 0.6 is 11.8 Å². The van der Waals surface area contributed by atoms with Crippen LogP contribution in [0.2, 0.25) is 0 Å². The number of amides is 2. The molecule has 0 aliphatic carbocycles. The minimum atomic E-state index is -0.406. The summed E-state index contributed by atoms with van der Waals surface area (Å²) in [5, 5.41) is 5.73. The maximum absolute atomic E-state index is 12.0. The van der Waals surface area contributed by atoms with Gasteiger partial charge in [-0.2, -0.15) is 0 Å². The van der Waals surface area contributed by atoms with E-state index in [0.717, 1.165) is 12.1 Å². The molecule has 1 aliphatic rings. The van der Waals surface area contributed by atoms with E-state index in [1.165, 1.54) is 11.8 Å². The average Bonchev–Trinajstić information content (AvgIpc) is 2.79. The standard InChI is InChI=1S/C15H19N3O2S/c1-3-10(2)16-15-18-14(20)12(21-15)9-13(19)17-11-7-5-4-6-8-11/h4-8,10,12H,3,9H2,1-2H3,(H,17,19)(H,16,18,20)/t10-,12-/m0/s1. The first-order valence-corrected chi connectivity index (χ1v) is 7.86. The van der Waals surface area contributed by atoms with Gasteiger partial charge in [-0.15, -0.1) is 0 Å². The summed E-state index contributed by atoms with van der Waals surface area (Å²) in [6.07, 6.45) is 1.06. The summed E-state index contributed by atoms with van der Waals surface area (Å²) in [5.41, 5.74) is 0.736. The molecule has 1 aromatic rings. The topological polar surface area (TPSA) is 70.6 Å². The monoisotopic (exact) mass is 305 g/mol. The van der Waals surface area contributed by atoms with Crippen molar-refractivity contribution in [3.8, 4) is 0 Å². The molecule has 1 aromatic carbocycles. The van der Waals surface area contributed by atoms with Crippen LogP contribution in [-0.4, -0.2) is 28.3 Å². The van der Waals surface area contributed by atoms with Crippen molar-refractivity contribution in [1.29, 1.82) is 0 Å². The van der Waals surface area contributed by atoms with Gasteiger partial charge in [0, 0.05) is 18.2 Å². The molecule has 5 nitrogen and oxygen atoms in total. The van der Waals surface area contributed by atoms with E-state index in [0.29, 0.717) is 5.17 Å². The Morgan fingerprint density at radius 3 is 2.81 bits per heavy atom. The molecule has 1 saturated heterocycles. The van der Waals surface area contributed by atoms with Gasteiger partial charge in [0.2, 0.25) is 11.8 Å². The summed E-state index contributed by atoms with van der Waals surface area (Å²) in [6.45, 7) is 4.04. The van der Waals surface area contributed by atoms with Crippen LogP contribution in [0.3, 0.4) is 0 Å². The molecule has 1 aliphatic heterocycles. The molecule has 6 heteroatoms. The number of carbonyl (C=O) groups excluding carboxylic acids is 2. The number of aliphatic imine (C=N–C) groups is 1. The predicted molar refractivity (Wildman–Crippen MR) is 86.4 cm³/mol. The molecule has 21 heavy (non-hydrogen) atoms. The fourth-order valence-electron chi connectivity index (χ4n) is 1.79. The number of carbonyl (C=O) groups is 2. The summed E-state index contributed by atoms with van der Waals surface area (Å²) in [7, 11) is 0. The van der Waals surface area contributed by atoms with Crippen molar-refractivity contribution in [2.75, 3.05) is 5.32 Å². The molecule has 2 atom stereocenters. The number of anilines is 1. The van der Waals surface area contributed by atoms with E-state index in [1.54, 1.807) is 0 Å². The summed E-state index contributed by atoms with van der Waals surface area (Å²) in [4.78, 5) is 28.2. The van der Waals surface area contributed by atoms with Crippen molar-refractivity contribution >= 4 is 34.4 Å². The fraction of sp³-hybridized carbons (Fsp3) is 0.400. The molecule has 0 aromatic heterocycles. The summed E-state index contributed by atoms with van der Waals surface area (Å²) < 4.78 is 0. The summed E-state index contributed by atoms with van der Waals surface area (Å²) in [6, 6.07) is 9.39. The molecular weight excluding hydrogens is 286 g/mol. The van der Waals surface area contributed by atoms with Crippen molar-refractivity contribution < 1.29 is 9.59 Å². The smallest absolute Gasteiger partial charge is 0.240 e. The van der Waals surface area contributed by atoms with E-state index >= 15 is 0 Å². The number of thioether (sulfide) groups is 1. The van der Waals surface area contributed by atoms with Crippen LogP contribution < -0.4 is 10.6 Å². The van der Waals surface area contributed by atoms with Crippen LogP contribution in [-0.2, 0) is 9.59 Å². The molecule has 0 spiro atoms. The van der Waals surface area contributed by atoms with Gasteiger partial charge in [-0.3, -0.25) is 14.6 Å². The molecule has 0 bridgehead atoms. The average molecular weight is 305 g/mol. The van der Waals surface area contributed by atoms with Crippen LogP contribution in [0.1, 0.15) is 26.7 Å². The first kappa shape index (κ1) is 15.6. The Balaban J connectivity index is 1.90. The maximum atomic E-state index is 12.0. The van der Waals surface area contributed by atoms with Crippen LogP contribution in [0.4, 0.5) is 5.69 Å². The first-order valence-electron chi connectivity index (χ1n) is 6.98. The van der Waals surface area contributed by atoms with Crippen LogP contribution in [0.15, 0.2) is 35.3 Å². The highest BCUT2D eigenvalue weighted by Crippen LogP contribution is 2.23. The second-order valence-electron chi connectivity index (χ2n) is 4.91. The van der Waals surface area contributed by atoms with Gasteiger partial charge in [-0.05, 0) is 25.5 Å². The number of hydrogen-bond donors (Lipinski definition) is 2. The molecule has 1 heterocycles. The molecule has 2 amide bonds. The van der Waals surface area contributed by atoms with Gasteiger partial charge < -0.3 is 10.6 Å². The number of amidine groups is 1. The minimum Gasteiger partial charge on any atom is -0.326 e. The quantitative estimate of drug-likeness (QED) is 0.877. The third kappa shape index (κ3) is 4.60. The molecule has 1 fully saturated rings. The van der Waals surface area contributed by atoms with E-state index in [-0.39, 0.29) is 24.3 Å². The van der Waals surface area contributed by atoms with E-state index in [4.69, 9.17) is 0 Å². The minimum absolute atomic E-state index is 0.144. The van der Waals surface area contributed by atoms with Gasteiger partial charge >= 0.3 is 0 Å². The number of para-hydroxylation sites is 1. The summed E-state index contributed by atoms with van der Waals surface area (Å²) in [5.74, 6) is -0.316. The van der Waals surface area contributed by atoms with Crippen molar-refractivity contribution in [1.82, 2.24) is 5.32 Å². The second kappa shape index (κ2) is 7.26. The Hall–Kier alpha value is -1.82. The maximum Gasteiger partial charge on any atom is 0.240 e. The van der Waals surface area contributed by atoms with Gasteiger partial charge in [0.1, 0.15) is 5.25 Å². The Labute approximate surface area is 128 Å². The fourth-order valence-corrected chi connectivity index (χ4v) is 2.86. The number of hydrogen-bond acceptors (Lipinski definition) is 4. The predicted octanol–water partition coefficient (Wildman–Crippen LogP) is 2.40. The van der Waals surface area contributed by atoms with E-state index in [9.17, 15) is 9.59 Å². The van der Waals surface area contributed by atoms with Crippen LogP contribution in [0.25, 0.3) is 0 Å². The zero-order valence-corrected chi connectivity index (χ0v) is 12.9. The number of nitrogens with one attached hydrogen (secondary N) is 2.